The SMILES string of the molecule is COC(=O)C1CCC(c2nc3c(-c4cnn(C)c4)cnn3c(CN)c2C)CN1. The summed E-state index contributed by atoms with van der Waals surface area (Å²) in [6.45, 7) is 3.09. The molecule has 1 fully saturated rings. The summed E-state index contributed by atoms with van der Waals surface area (Å²) in [6, 6.07) is -0.250. The van der Waals surface area contributed by atoms with E-state index in [4.69, 9.17) is 15.5 Å². The van der Waals surface area contributed by atoms with Crippen molar-refractivity contribution in [3.63, 3.8) is 0 Å². The number of nitrogens with zero attached hydrogens (tertiary/aromatic N) is 5. The number of fused-ring (bicyclic) bond motifs is 1. The summed E-state index contributed by atoms with van der Waals surface area (Å²) in [5.41, 5.74) is 11.8. The molecule has 3 aromatic heterocycles. The number of methoxy groups -OCH3 is 1. The van der Waals surface area contributed by atoms with Gasteiger partial charge in [-0.3, -0.25) is 9.48 Å². The third kappa shape index (κ3) is 3.06. The van der Waals surface area contributed by atoms with Crippen molar-refractivity contribution in [2.24, 2.45) is 12.8 Å². The van der Waals surface area contributed by atoms with E-state index in [1.807, 2.05) is 37.1 Å². The summed E-state index contributed by atoms with van der Waals surface area (Å²) in [6.07, 6.45) is 7.15. The molecule has 0 saturated carbocycles. The summed E-state index contributed by atoms with van der Waals surface area (Å²) in [5.74, 6) is -0.0104. The molecule has 28 heavy (non-hydrogen) atoms. The Hall–Kier alpha value is -2.78. The van der Waals surface area contributed by atoms with Crippen LogP contribution in [0.3, 0.4) is 0 Å². The second-order valence-corrected chi connectivity index (χ2v) is 7.23. The number of carbonyl (C=O) groups is 1. The molecule has 3 N–H and O–H groups in total. The fourth-order valence-electron chi connectivity index (χ4n) is 3.99. The van der Waals surface area contributed by atoms with Gasteiger partial charge >= 0.3 is 5.97 Å². The standard InChI is InChI=1S/C19H25N7O2/c1-11-16(6-20)26-18(14(9-23-26)13-8-22-25(2)10-13)24-17(11)12-4-5-15(21-7-12)19(27)28-3/h8-10,12,15,21H,4-7,20H2,1-3H3. The van der Waals surface area contributed by atoms with Crippen LogP contribution in [0.1, 0.15) is 35.7 Å². The van der Waals surface area contributed by atoms with Crippen molar-refractivity contribution >= 4 is 11.6 Å². The van der Waals surface area contributed by atoms with Crippen LogP contribution in [0, 0.1) is 6.92 Å². The molecule has 0 amide bonds. The molecular formula is C19H25N7O2. The van der Waals surface area contributed by atoms with Crippen molar-refractivity contribution < 1.29 is 9.53 Å². The third-order valence-corrected chi connectivity index (χ3v) is 5.54. The molecule has 0 radical (unpaired) electrons. The Morgan fingerprint density at radius 2 is 2.18 bits per heavy atom. The van der Waals surface area contributed by atoms with Crippen LogP contribution in [0.4, 0.5) is 0 Å². The molecule has 0 spiro atoms. The van der Waals surface area contributed by atoms with E-state index in [1.54, 1.807) is 4.68 Å². The zero-order valence-electron chi connectivity index (χ0n) is 16.3. The molecule has 9 heteroatoms. The molecule has 148 valence electrons. The number of aromatic nitrogens is 5. The lowest BCUT2D eigenvalue weighted by molar-refractivity contribution is -0.143. The second-order valence-electron chi connectivity index (χ2n) is 7.23. The minimum absolute atomic E-state index is 0.202. The average Bonchev–Trinajstić information content (AvgIpc) is 3.33. The molecular weight excluding hydrogens is 358 g/mol. The normalized spacial score (nSPS) is 19.9. The van der Waals surface area contributed by atoms with Gasteiger partial charge in [0, 0.05) is 43.4 Å². The van der Waals surface area contributed by atoms with Gasteiger partial charge in [0.05, 0.1) is 30.9 Å². The molecule has 0 aromatic carbocycles. The van der Waals surface area contributed by atoms with Gasteiger partial charge in [-0.15, -0.1) is 0 Å². The van der Waals surface area contributed by atoms with E-state index >= 15 is 0 Å². The van der Waals surface area contributed by atoms with Gasteiger partial charge in [-0.05, 0) is 25.3 Å². The molecule has 0 bridgehead atoms. The van der Waals surface area contributed by atoms with Crippen LogP contribution in [0.15, 0.2) is 18.6 Å². The van der Waals surface area contributed by atoms with Crippen molar-refractivity contribution in [1.29, 1.82) is 0 Å². The van der Waals surface area contributed by atoms with Gasteiger partial charge < -0.3 is 15.8 Å². The Kier molecular flexibility index (Phi) is 4.86. The number of nitrogens with one attached hydrogen (secondary N) is 1. The Morgan fingerprint density at radius 3 is 2.79 bits per heavy atom. The number of piperidine rings is 1. The molecule has 2 unspecified atom stereocenters. The third-order valence-electron chi connectivity index (χ3n) is 5.54. The average molecular weight is 383 g/mol. The fraction of sp³-hybridized carbons (Fsp3) is 0.474. The van der Waals surface area contributed by atoms with Crippen LogP contribution < -0.4 is 11.1 Å². The number of hydrogen-bond donors (Lipinski definition) is 2. The number of esters is 1. The van der Waals surface area contributed by atoms with Gasteiger partial charge in [0.15, 0.2) is 5.65 Å². The van der Waals surface area contributed by atoms with Gasteiger partial charge in [0.1, 0.15) is 6.04 Å². The molecule has 1 saturated heterocycles. The lowest BCUT2D eigenvalue weighted by Gasteiger charge is -2.29. The first-order valence-corrected chi connectivity index (χ1v) is 9.40. The van der Waals surface area contributed by atoms with E-state index in [0.29, 0.717) is 13.1 Å². The van der Waals surface area contributed by atoms with E-state index in [2.05, 4.69) is 15.5 Å². The number of ether oxygens (including phenoxy) is 1. The van der Waals surface area contributed by atoms with Crippen LogP contribution >= 0.6 is 0 Å². The van der Waals surface area contributed by atoms with Gasteiger partial charge in [-0.1, -0.05) is 0 Å². The van der Waals surface area contributed by atoms with E-state index < -0.39 is 0 Å². The molecule has 2 atom stereocenters. The van der Waals surface area contributed by atoms with Crippen molar-refractivity contribution in [1.82, 2.24) is 29.7 Å². The zero-order valence-corrected chi connectivity index (χ0v) is 16.3. The molecule has 9 nitrogen and oxygen atoms in total. The first-order valence-electron chi connectivity index (χ1n) is 9.40. The van der Waals surface area contributed by atoms with Crippen molar-refractivity contribution in [3.05, 3.63) is 35.5 Å². The van der Waals surface area contributed by atoms with Gasteiger partial charge in [0.25, 0.3) is 0 Å². The summed E-state index contributed by atoms with van der Waals surface area (Å²) < 4.78 is 8.44. The van der Waals surface area contributed by atoms with E-state index in [1.165, 1.54) is 7.11 Å². The van der Waals surface area contributed by atoms with Crippen LogP contribution in [0.25, 0.3) is 16.8 Å². The van der Waals surface area contributed by atoms with Crippen molar-refractivity contribution in [2.75, 3.05) is 13.7 Å². The molecule has 3 aromatic rings. The highest BCUT2D eigenvalue weighted by Gasteiger charge is 2.30. The predicted molar refractivity (Wildman–Crippen MR) is 104 cm³/mol. The Labute approximate surface area is 162 Å². The van der Waals surface area contributed by atoms with Gasteiger partial charge in [-0.2, -0.15) is 10.2 Å². The fourth-order valence-corrected chi connectivity index (χ4v) is 3.99. The Bertz CT molecular complexity index is 1010. The highest BCUT2D eigenvalue weighted by Crippen LogP contribution is 2.31. The summed E-state index contributed by atoms with van der Waals surface area (Å²) in [5, 5.41) is 12.1. The molecule has 1 aliphatic heterocycles. The maximum atomic E-state index is 11.8. The molecule has 4 rings (SSSR count). The highest BCUT2D eigenvalue weighted by atomic mass is 16.5. The van der Waals surface area contributed by atoms with Crippen molar-refractivity contribution in [3.8, 4) is 11.1 Å². The van der Waals surface area contributed by atoms with Crippen LogP contribution in [-0.4, -0.2) is 50.0 Å². The second kappa shape index (κ2) is 7.33. The van der Waals surface area contributed by atoms with E-state index in [-0.39, 0.29) is 17.9 Å². The molecule has 1 aliphatic rings. The summed E-state index contributed by atoms with van der Waals surface area (Å²) in [4.78, 5) is 16.8. The number of nitrogens with two attached hydrogens (primary N) is 1. The molecule has 0 aliphatic carbocycles. The van der Waals surface area contributed by atoms with E-state index in [0.717, 1.165) is 46.6 Å². The first kappa shape index (κ1) is 18.6. The number of carbonyl (C=O) groups excluding carboxylic acids is 1. The molecule has 4 heterocycles. The minimum atomic E-state index is -0.250. The Morgan fingerprint density at radius 1 is 1.36 bits per heavy atom. The summed E-state index contributed by atoms with van der Waals surface area (Å²) >= 11 is 0. The zero-order chi connectivity index (χ0) is 19.8. The van der Waals surface area contributed by atoms with Crippen LogP contribution in [0.2, 0.25) is 0 Å². The number of aryl methyl sites for hydroxylation is 1. The van der Waals surface area contributed by atoms with Gasteiger partial charge in [0.2, 0.25) is 0 Å². The first-order chi connectivity index (χ1) is 13.5. The van der Waals surface area contributed by atoms with Crippen molar-refractivity contribution in [2.45, 2.75) is 38.3 Å². The monoisotopic (exact) mass is 383 g/mol. The van der Waals surface area contributed by atoms with E-state index in [9.17, 15) is 4.79 Å². The lowest BCUT2D eigenvalue weighted by atomic mass is 9.89. The predicted octanol–water partition coefficient (Wildman–Crippen LogP) is 0.906. The quantitative estimate of drug-likeness (QED) is 0.644. The number of rotatable bonds is 4. The van der Waals surface area contributed by atoms with Crippen LogP contribution in [-0.2, 0) is 23.1 Å². The lowest BCUT2D eigenvalue weighted by Crippen LogP contribution is -2.44. The minimum Gasteiger partial charge on any atom is -0.468 e. The smallest absolute Gasteiger partial charge is 0.322 e. The topological polar surface area (TPSA) is 112 Å². The largest absolute Gasteiger partial charge is 0.468 e. The number of hydrogen-bond acceptors (Lipinski definition) is 7. The van der Waals surface area contributed by atoms with Crippen LogP contribution in [0.5, 0.6) is 0 Å². The summed E-state index contributed by atoms with van der Waals surface area (Å²) in [7, 11) is 3.30. The highest BCUT2D eigenvalue weighted by molar-refractivity contribution is 5.77. The maximum Gasteiger partial charge on any atom is 0.322 e. The van der Waals surface area contributed by atoms with Gasteiger partial charge in [-0.25, -0.2) is 9.50 Å². The maximum absolute atomic E-state index is 11.8. The Balaban J connectivity index is 1.74.